The lowest BCUT2D eigenvalue weighted by Crippen LogP contribution is -2.31. The highest BCUT2D eigenvalue weighted by Gasteiger charge is 2.20. The van der Waals surface area contributed by atoms with Gasteiger partial charge in [-0.25, -0.2) is 4.98 Å². The lowest BCUT2D eigenvalue weighted by molar-refractivity contribution is -0.120. The van der Waals surface area contributed by atoms with Crippen LogP contribution in [0.25, 0.3) is 10.9 Å². The summed E-state index contributed by atoms with van der Waals surface area (Å²) in [5.41, 5.74) is 1.44. The number of nitrogens with one attached hydrogen (secondary N) is 1. The Bertz CT molecular complexity index is 1200. The number of amides is 1. The van der Waals surface area contributed by atoms with E-state index in [2.05, 4.69) is 10.3 Å². The fourth-order valence-electron chi connectivity index (χ4n) is 3.50. The Morgan fingerprint density at radius 2 is 2.06 bits per heavy atom. The second-order valence-corrected chi connectivity index (χ2v) is 8.89. The summed E-state index contributed by atoms with van der Waals surface area (Å²) in [4.78, 5) is 30.6. The number of aromatic nitrogens is 2. The van der Waals surface area contributed by atoms with Crippen molar-refractivity contribution in [2.24, 2.45) is 0 Å². The zero-order valence-electron chi connectivity index (χ0n) is 18.7. The normalized spacial score (nSPS) is 13.3. The van der Waals surface area contributed by atoms with Crippen LogP contribution in [0.2, 0.25) is 0 Å². The van der Waals surface area contributed by atoms with Gasteiger partial charge in [0.1, 0.15) is 0 Å². The molecule has 1 aliphatic rings. The molecule has 0 spiro atoms. The number of thioether (sulfide) groups is 1. The van der Waals surface area contributed by atoms with Gasteiger partial charge in [-0.15, -0.1) is 0 Å². The molecule has 8 nitrogen and oxygen atoms in total. The molecule has 9 heteroatoms. The number of hydrogen-bond acceptors (Lipinski definition) is 7. The fraction of sp³-hybridized carbons (Fsp3) is 0.375. The van der Waals surface area contributed by atoms with Gasteiger partial charge in [-0.05, 0) is 50.1 Å². The molecule has 33 heavy (non-hydrogen) atoms. The van der Waals surface area contributed by atoms with E-state index >= 15 is 0 Å². The van der Waals surface area contributed by atoms with Gasteiger partial charge in [0.15, 0.2) is 16.7 Å². The first-order chi connectivity index (χ1) is 16.1. The van der Waals surface area contributed by atoms with Crippen LogP contribution in [0.15, 0.2) is 52.4 Å². The molecule has 1 atom stereocenters. The Morgan fingerprint density at radius 3 is 2.91 bits per heavy atom. The Morgan fingerprint density at radius 1 is 1.24 bits per heavy atom. The molecule has 1 aromatic heterocycles. The molecule has 0 fully saturated rings. The Kier molecular flexibility index (Phi) is 7.51. The van der Waals surface area contributed by atoms with Gasteiger partial charge in [0.25, 0.3) is 5.56 Å². The minimum atomic E-state index is -0.440. The molecule has 2 heterocycles. The predicted octanol–water partition coefficient (Wildman–Crippen LogP) is 3.35. The molecular weight excluding hydrogens is 442 g/mol. The van der Waals surface area contributed by atoms with Crippen molar-refractivity contribution in [3.05, 3.63) is 58.4 Å². The highest BCUT2D eigenvalue weighted by molar-refractivity contribution is 8.00. The van der Waals surface area contributed by atoms with E-state index in [0.29, 0.717) is 60.3 Å². The fourth-order valence-corrected chi connectivity index (χ4v) is 4.46. The molecule has 1 unspecified atom stereocenters. The summed E-state index contributed by atoms with van der Waals surface area (Å²) in [6.07, 6.45) is 0.687. The van der Waals surface area contributed by atoms with Gasteiger partial charge in [0.2, 0.25) is 12.7 Å². The third kappa shape index (κ3) is 5.48. The SMILES string of the molecule is CCOCCCn1c(SC(C)C(=O)NCc2ccc3c(c2)OCO3)nc2ccccc2c1=O. The van der Waals surface area contributed by atoms with Gasteiger partial charge in [0, 0.05) is 26.3 Å². The topological polar surface area (TPSA) is 91.7 Å². The first kappa shape index (κ1) is 23.1. The summed E-state index contributed by atoms with van der Waals surface area (Å²) >= 11 is 1.28. The molecule has 174 valence electrons. The van der Waals surface area contributed by atoms with Crippen molar-refractivity contribution in [1.82, 2.24) is 14.9 Å². The molecular formula is C24H27N3O5S. The number of carbonyl (C=O) groups is 1. The highest BCUT2D eigenvalue weighted by atomic mass is 32.2. The third-order valence-corrected chi connectivity index (χ3v) is 6.35. The van der Waals surface area contributed by atoms with Crippen molar-refractivity contribution in [2.45, 2.75) is 43.8 Å². The Hall–Kier alpha value is -3.04. The monoisotopic (exact) mass is 469 g/mol. The summed E-state index contributed by atoms with van der Waals surface area (Å²) in [6, 6.07) is 12.9. The average Bonchev–Trinajstić information content (AvgIpc) is 3.30. The minimum Gasteiger partial charge on any atom is -0.454 e. The molecule has 1 aliphatic heterocycles. The van der Waals surface area contributed by atoms with E-state index in [9.17, 15) is 9.59 Å². The van der Waals surface area contributed by atoms with E-state index in [4.69, 9.17) is 14.2 Å². The number of benzene rings is 2. The standard InChI is InChI=1S/C24H27N3O5S/c1-3-30-12-6-11-27-23(29)18-7-4-5-8-19(18)26-24(27)33-16(2)22(28)25-14-17-9-10-20-21(13-17)32-15-31-20/h4-5,7-10,13,16H,3,6,11-12,14-15H2,1-2H3,(H,25,28). The van der Waals surface area contributed by atoms with Crippen LogP contribution < -0.4 is 20.3 Å². The summed E-state index contributed by atoms with van der Waals surface area (Å²) in [7, 11) is 0. The second-order valence-electron chi connectivity index (χ2n) is 7.58. The van der Waals surface area contributed by atoms with Gasteiger partial charge in [-0.1, -0.05) is 30.0 Å². The largest absolute Gasteiger partial charge is 0.454 e. The maximum atomic E-state index is 13.1. The zero-order valence-corrected chi connectivity index (χ0v) is 19.5. The van der Waals surface area contributed by atoms with E-state index in [1.807, 2.05) is 50.2 Å². The highest BCUT2D eigenvalue weighted by Crippen LogP contribution is 2.32. The molecule has 3 aromatic rings. The number of carbonyl (C=O) groups excluding carboxylic acids is 1. The van der Waals surface area contributed by atoms with E-state index in [1.54, 1.807) is 10.6 Å². The lowest BCUT2D eigenvalue weighted by Gasteiger charge is -2.16. The third-order valence-electron chi connectivity index (χ3n) is 5.26. The van der Waals surface area contributed by atoms with Gasteiger partial charge >= 0.3 is 0 Å². The smallest absolute Gasteiger partial charge is 0.262 e. The maximum Gasteiger partial charge on any atom is 0.262 e. The van der Waals surface area contributed by atoms with Crippen LogP contribution in [-0.2, 0) is 22.6 Å². The van der Waals surface area contributed by atoms with Crippen LogP contribution in [0.4, 0.5) is 0 Å². The molecule has 0 bridgehead atoms. The quantitative estimate of drug-likeness (QED) is 0.277. The van der Waals surface area contributed by atoms with Crippen molar-refractivity contribution < 1.29 is 19.0 Å². The van der Waals surface area contributed by atoms with Crippen LogP contribution in [0.3, 0.4) is 0 Å². The van der Waals surface area contributed by atoms with Crippen molar-refractivity contribution in [2.75, 3.05) is 20.0 Å². The van der Waals surface area contributed by atoms with E-state index in [0.717, 1.165) is 5.56 Å². The Labute approximate surface area is 196 Å². The molecule has 0 aliphatic carbocycles. The molecule has 1 amide bonds. The van der Waals surface area contributed by atoms with Crippen LogP contribution in [0.5, 0.6) is 11.5 Å². The molecule has 1 N–H and O–H groups in total. The van der Waals surface area contributed by atoms with Crippen LogP contribution in [0.1, 0.15) is 25.8 Å². The van der Waals surface area contributed by atoms with Crippen LogP contribution in [0, 0.1) is 0 Å². The van der Waals surface area contributed by atoms with Gasteiger partial charge in [-0.2, -0.15) is 0 Å². The van der Waals surface area contributed by atoms with Crippen molar-refractivity contribution >= 4 is 28.6 Å². The first-order valence-electron chi connectivity index (χ1n) is 11.0. The van der Waals surface area contributed by atoms with Gasteiger partial charge in [0.05, 0.1) is 16.2 Å². The van der Waals surface area contributed by atoms with Crippen LogP contribution in [-0.4, -0.2) is 40.7 Å². The van der Waals surface area contributed by atoms with Gasteiger partial charge < -0.3 is 19.5 Å². The number of fused-ring (bicyclic) bond motifs is 2. The average molecular weight is 470 g/mol. The molecule has 4 rings (SSSR count). The number of rotatable bonds is 10. The summed E-state index contributed by atoms with van der Waals surface area (Å²) in [5.74, 6) is 1.25. The molecule has 0 saturated heterocycles. The summed E-state index contributed by atoms with van der Waals surface area (Å²) in [6.45, 7) is 6.00. The van der Waals surface area contributed by atoms with Gasteiger partial charge in [-0.3, -0.25) is 14.2 Å². The van der Waals surface area contributed by atoms with E-state index < -0.39 is 5.25 Å². The predicted molar refractivity (Wildman–Crippen MR) is 127 cm³/mol. The Balaban J connectivity index is 1.46. The minimum absolute atomic E-state index is 0.104. The zero-order chi connectivity index (χ0) is 23.2. The lowest BCUT2D eigenvalue weighted by atomic mass is 10.2. The number of ether oxygens (including phenoxy) is 3. The summed E-state index contributed by atoms with van der Waals surface area (Å²) in [5, 5.41) is 3.61. The van der Waals surface area contributed by atoms with Crippen molar-refractivity contribution in [3.8, 4) is 11.5 Å². The number of hydrogen-bond donors (Lipinski definition) is 1. The van der Waals surface area contributed by atoms with E-state index in [-0.39, 0.29) is 18.3 Å². The second kappa shape index (κ2) is 10.7. The van der Waals surface area contributed by atoms with Crippen molar-refractivity contribution in [3.63, 3.8) is 0 Å². The molecule has 2 aromatic carbocycles. The number of nitrogens with zero attached hydrogens (tertiary/aromatic N) is 2. The van der Waals surface area contributed by atoms with Crippen LogP contribution >= 0.6 is 11.8 Å². The van der Waals surface area contributed by atoms with E-state index in [1.165, 1.54) is 11.8 Å². The molecule has 0 radical (unpaired) electrons. The number of para-hydroxylation sites is 1. The maximum absolute atomic E-state index is 13.1. The summed E-state index contributed by atoms with van der Waals surface area (Å²) < 4.78 is 17.8. The molecule has 0 saturated carbocycles. The van der Waals surface area contributed by atoms with Crippen molar-refractivity contribution in [1.29, 1.82) is 0 Å². The first-order valence-corrected chi connectivity index (χ1v) is 11.8.